The number of aromatic nitrogens is 4. The predicted octanol–water partition coefficient (Wildman–Crippen LogP) is 4.92. The van der Waals surface area contributed by atoms with E-state index in [1.54, 1.807) is 0 Å². The SMILES string of the molecule is O=C(O)NC[C@@H](CC1CCCC1)C(=O)NNc1nc(Cl)nc(N2CCN3CCC[C@@H]3C2)c1F.O=C(O)NC[C@@H](CC1CCCC1)C(=O)NNc1nc(Cl)nc(N2CCN3CCC[C@@H]3C2)c1F. The topological polar surface area (TPSA) is 245 Å². The van der Waals surface area contributed by atoms with Gasteiger partial charge in [0, 0.05) is 64.4 Å². The van der Waals surface area contributed by atoms with Crippen molar-refractivity contribution in [2.24, 2.45) is 23.7 Å². The summed E-state index contributed by atoms with van der Waals surface area (Å²) in [6, 6.07) is 0.752. The van der Waals surface area contributed by atoms with E-state index in [-0.39, 0.29) is 46.9 Å². The Labute approximate surface area is 392 Å². The van der Waals surface area contributed by atoms with Crippen LogP contribution in [0.3, 0.4) is 0 Å². The van der Waals surface area contributed by atoms with Crippen LogP contribution in [0, 0.1) is 35.3 Å². The lowest BCUT2D eigenvalue weighted by Crippen LogP contribution is -2.50. The number of nitrogens with one attached hydrogen (secondary N) is 6. The Hall–Kier alpha value is -4.80. The molecule has 2 saturated carbocycles. The van der Waals surface area contributed by atoms with Crippen LogP contribution in [0.5, 0.6) is 0 Å². The van der Waals surface area contributed by atoms with Crippen molar-refractivity contribution in [2.45, 2.75) is 102 Å². The number of carboxylic acid groups (broad SMARTS) is 2. The Balaban J connectivity index is 0.000000196. The molecule has 4 saturated heterocycles. The van der Waals surface area contributed by atoms with E-state index in [4.69, 9.17) is 33.4 Å². The molecule has 8 rings (SSSR count). The fourth-order valence-corrected chi connectivity index (χ4v) is 10.8. The highest BCUT2D eigenvalue weighted by Gasteiger charge is 2.35. The van der Waals surface area contributed by atoms with Gasteiger partial charge in [-0.05, 0) is 86.7 Å². The molecule has 8 N–H and O–H groups in total. The number of hydrogen-bond acceptors (Lipinski definition) is 14. The van der Waals surface area contributed by atoms with Crippen LogP contribution in [0.25, 0.3) is 0 Å². The van der Waals surface area contributed by atoms with E-state index in [1.165, 1.54) is 0 Å². The van der Waals surface area contributed by atoms with Crippen molar-refractivity contribution in [1.82, 2.24) is 51.2 Å². The number of halogens is 4. The molecule has 0 bridgehead atoms. The van der Waals surface area contributed by atoms with Crippen molar-refractivity contribution in [3.63, 3.8) is 0 Å². The molecule has 0 aromatic carbocycles. The van der Waals surface area contributed by atoms with E-state index in [2.05, 4.69) is 62.1 Å². The Morgan fingerprint density at radius 3 is 1.35 bits per heavy atom. The summed E-state index contributed by atoms with van der Waals surface area (Å²) in [5.74, 6) is -2.79. The van der Waals surface area contributed by atoms with Gasteiger partial charge in [0.25, 0.3) is 0 Å². The summed E-state index contributed by atoms with van der Waals surface area (Å²) >= 11 is 12.1. The van der Waals surface area contributed by atoms with E-state index in [0.29, 0.717) is 62.9 Å². The first-order valence-electron chi connectivity index (χ1n) is 23.3. The van der Waals surface area contributed by atoms with E-state index in [0.717, 1.165) is 103 Å². The summed E-state index contributed by atoms with van der Waals surface area (Å²) in [6.07, 6.45) is 11.8. The second-order valence-corrected chi connectivity index (χ2v) is 19.0. The number of piperazine rings is 2. The fourth-order valence-electron chi connectivity index (χ4n) is 10.5. The normalized spacial score (nSPS) is 22.1. The molecule has 0 radical (unpaired) electrons. The highest BCUT2D eigenvalue weighted by molar-refractivity contribution is 6.28. The molecule has 0 spiro atoms. The van der Waals surface area contributed by atoms with Crippen LogP contribution in [-0.2, 0) is 9.59 Å². The van der Waals surface area contributed by atoms with Gasteiger partial charge in [-0.1, -0.05) is 51.4 Å². The van der Waals surface area contributed by atoms with Gasteiger partial charge in [-0.2, -0.15) is 28.7 Å². The number of nitrogens with zero attached hydrogens (tertiary/aromatic N) is 8. The van der Waals surface area contributed by atoms with Crippen LogP contribution < -0.4 is 42.1 Å². The molecule has 6 heterocycles. The van der Waals surface area contributed by atoms with Crippen molar-refractivity contribution in [3.05, 3.63) is 22.2 Å². The van der Waals surface area contributed by atoms with Crippen molar-refractivity contribution in [2.75, 3.05) is 86.1 Å². The Morgan fingerprint density at radius 2 is 0.970 bits per heavy atom. The summed E-state index contributed by atoms with van der Waals surface area (Å²) in [5, 5.41) is 22.2. The van der Waals surface area contributed by atoms with Crippen LogP contribution in [0.1, 0.15) is 89.9 Å². The van der Waals surface area contributed by atoms with E-state index in [9.17, 15) is 19.2 Å². The van der Waals surface area contributed by atoms with Crippen molar-refractivity contribution in [1.29, 1.82) is 0 Å². The molecule has 4 amide bonds. The third kappa shape index (κ3) is 13.2. The third-order valence-corrected chi connectivity index (χ3v) is 14.3. The molecule has 20 nitrogen and oxygen atoms in total. The first-order chi connectivity index (χ1) is 31.8. The van der Waals surface area contributed by atoms with Gasteiger partial charge in [-0.15, -0.1) is 0 Å². The van der Waals surface area contributed by atoms with Crippen LogP contribution in [0.4, 0.5) is 41.6 Å². The van der Waals surface area contributed by atoms with Crippen LogP contribution in [0.2, 0.25) is 10.6 Å². The molecule has 4 aliphatic heterocycles. The molecule has 6 aliphatic rings. The number of rotatable bonds is 16. The van der Waals surface area contributed by atoms with Gasteiger partial charge in [0.05, 0.1) is 11.8 Å². The number of amides is 4. The zero-order valence-electron chi connectivity index (χ0n) is 37.1. The number of carbonyl (C=O) groups is 4. The van der Waals surface area contributed by atoms with Crippen LogP contribution >= 0.6 is 23.2 Å². The number of anilines is 4. The minimum Gasteiger partial charge on any atom is -0.465 e. The summed E-state index contributed by atoms with van der Waals surface area (Å²) in [6.45, 7) is 6.41. The van der Waals surface area contributed by atoms with Crippen molar-refractivity contribution < 1.29 is 38.2 Å². The maximum Gasteiger partial charge on any atom is 0.404 e. The average molecular weight is 968 g/mol. The fraction of sp³-hybridized carbons (Fsp3) is 0.714. The number of hydrogen-bond donors (Lipinski definition) is 8. The summed E-state index contributed by atoms with van der Waals surface area (Å²) in [4.78, 5) is 72.1. The molecule has 2 aliphatic carbocycles. The zero-order valence-corrected chi connectivity index (χ0v) is 38.6. The molecule has 24 heteroatoms. The summed E-state index contributed by atoms with van der Waals surface area (Å²) in [5.41, 5.74) is 10.1. The second kappa shape index (κ2) is 23.3. The zero-order chi connectivity index (χ0) is 46.7. The average Bonchev–Trinajstić information content (AvgIpc) is 4.16. The van der Waals surface area contributed by atoms with Crippen LogP contribution in [-0.4, -0.2) is 141 Å². The maximum absolute atomic E-state index is 15.3. The van der Waals surface area contributed by atoms with E-state index >= 15 is 8.78 Å². The number of fused-ring (bicyclic) bond motifs is 2. The quantitative estimate of drug-likeness (QED) is 0.0822. The third-order valence-electron chi connectivity index (χ3n) is 13.9. The Kier molecular flexibility index (Phi) is 17.3. The van der Waals surface area contributed by atoms with E-state index in [1.807, 2.05) is 9.80 Å². The Morgan fingerprint density at radius 1 is 0.576 bits per heavy atom. The van der Waals surface area contributed by atoms with Gasteiger partial charge in [0.2, 0.25) is 34.0 Å². The lowest BCUT2D eigenvalue weighted by atomic mass is 9.92. The van der Waals surface area contributed by atoms with Gasteiger partial charge in [-0.25, -0.2) is 9.59 Å². The minimum absolute atomic E-state index is 0.0106. The van der Waals surface area contributed by atoms with Gasteiger partial charge in [-0.3, -0.25) is 41.1 Å². The molecular formula is C42H62Cl2F2N14O6. The summed E-state index contributed by atoms with van der Waals surface area (Å²) < 4.78 is 30.5. The first-order valence-corrected chi connectivity index (χ1v) is 24.1. The molecular weight excluding hydrogens is 905 g/mol. The Bertz CT molecular complexity index is 1880. The van der Waals surface area contributed by atoms with Gasteiger partial charge >= 0.3 is 12.2 Å². The molecule has 4 atom stereocenters. The molecule has 2 aromatic heterocycles. The van der Waals surface area contributed by atoms with Gasteiger partial charge in [0.1, 0.15) is 0 Å². The number of carbonyl (C=O) groups excluding carboxylic acids is 2. The van der Waals surface area contributed by atoms with Crippen molar-refractivity contribution in [3.8, 4) is 0 Å². The lowest BCUT2D eigenvalue weighted by Gasteiger charge is -2.38. The second-order valence-electron chi connectivity index (χ2n) is 18.3. The highest BCUT2D eigenvalue weighted by Crippen LogP contribution is 2.33. The highest BCUT2D eigenvalue weighted by atomic mass is 35.5. The molecule has 6 fully saturated rings. The lowest BCUT2D eigenvalue weighted by molar-refractivity contribution is -0.125. The molecule has 0 unspecified atom stereocenters. The minimum atomic E-state index is -1.19. The van der Waals surface area contributed by atoms with Crippen molar-refractivity contribution >= 4 is 70.5 Å². The monoisotopic (exact) mass is 966 g/mol. The van der Waals surface area contributed by atoms with E-state index < -0.39 is 47.5 Å². The molecule has 2 aromatic rings. The predicted molar refractivity (Wildman–Crippen MR) is 243 cm³/mol. The summed E-state index contributed by atoms with van der Waals surface area (Å²) in [7, 11) is 0. The molecule has 66 heavy (non-hydrogen) atoms. The van der Waals surface area contributed by atoms with Crippen LogP contribution in [0.15, 0.2) is 0 Å². The number of hydrazine groups is 2. The van der Waals surface area contributed by atoms with Gasteiger partial charge in [0.15, 0.2) is 23.3 Å². The molecule has 364 valence electrons. The van der Waals surface area contributed by atoms with Gasteiger partial charge < -0.3 is 30.6 Å². The standard InChI is InChI=1S/2C21H31ClFN7O3/c2*22-20-25-17(16(23)18(26-20)30-9-8-29-7-3-6-15(29)12-30)27-28-19(31)14(11-24-21(32)33)10-13-4-1-2-5-13/h2*13-15,24H,1-12H2,(H,28,31)(H,32,33)(H,25,26,27)/t2*14-,15-/m11/s1. The smallest absolute Gasteiger partial charge is 0.404 e. The first kappa shape index (κ1) is 49.1. The maximum atomic E-state index is 15.3. The largest absolute Gasteiger partial charge is 0.465 e.